The summed E-state index contributed by atoms with van der Waals surface area (Å²) in [7, 11) is 0. The average molecular weight is 383 g/mol. The summed E-state index contributed by atoms with van der Waals surface area (Å²) in [6.45, 7) is 1.48. The normalized spacial score (nSPS) is 18.2. The maximum Gasteiger partial charge on any atom is 0.227 e. The number of halogens is 1. The number of carbonyl (C=O) groups excluding carboxylic acids is 1. The van der Waals surface area contributed by atoms with Crippen LogP contribution in [-0.2, 0) is 4.79 Å². The highest BCUT2D eigenvalue weighted by atomic mass is 19.1. The molecule has 1 aliphatic carbocycles. The van der Waals surface area contributed by atoms with Crippen molar-refractivity contribution >= 4 is 23.4 Å². The summed E-state index contributed by atoms with van der Waals surface area (Å²) >= 11 is 0. The number of nitrogens with zero attached hydrogens (tertiary/aromatic N) is 3. The van der Waals surface area contributed by atoms with Crippen LogP contribution in [0.2, 0.25) is 0 Å². The molecule has 1 aromatic carbocycles. The van der Waals surface area contributed by atoms with Crippen LogP contribution in [0.5, 0.6) is 0 Å². The van der Waals surface area contributed by atoms with Gasteiger partial charge < -0.3 is 15.5 Å². The molecule has 28 heavy (non-hydrogen) atoms. The number of anilines is 3. The van der Waals surface area contributed by atoms with Crippen molar-refractivity contribution < 1.29 is 9.18 Å². The number of piperidine rings is 1. The molecule has 1 aliphatic heterocycles. The summed E-state index contributed by atoms with van der Waals surface area (Å²) in [5.74, 6) is 1.10. The van der Waals surface area contributed by atoms with Crippen molar-refractivity contribution in [1.29, 1.82) is 0 Å². The highest BCUT2D eigenvalue weighted by Gasteiger charge is 2.28. The van der Waals surface area contributed by atoms with E-state index in [2.05, 4.69) is 25.5 Å². The van der Waals surface area contributed by atoms with E-state index < -0.39 is 0 Å². The van der Waals surface area contributed by atoms with Gasteiger partial charge in [0, 0.05) is 31.2 Å². The standard InChI is InChI=1S/C21H26FN5O/c22-17-7-3-4-8-18(17)25-19-9-12-23-21(26-19)27-13-10-15(11-14-27)20(28)24-16-5-1-2-6-16/h3-4,7-9,12,15-16H,1-2,5-6,10-11,13-14H2,(H,24,28)(H,23,25,26). The quantitative estimate of drug-likeness (QED) is 0.825. The van der Waals surface area contributed by atoms with Gasteiger partial charge in [-0.2, -0.15) is 4.98 Å². The molecule has 1 aromatic heterocycles. The van der Waals surface area contributed by atoms with Gasteiger partial charge in [0.15, 0.2) is 0 Å². The lowest BCUT2D eigenvalue weighted by Gasteiger charge is -2.32. The number of nitrogens with one attached hydrogen (secondary N) is 2. The first-order valence-corrected chi connectivity index (χ1v) is 10.1. The van der Waals surface area contributed by atoms with Gasteiger partial charge >= 0.3 is 0 Å². The molecule has 6 nitrogen and oxygen atoms in total. The van der Waals surface area contributed by atoms with E-state index in [1.807, 2.05) is 0 Å². The molecule has 7 heteroatoms. The molecular formula is C21H26FN5O. The Bertz CT molecular complexity index is 816. The Kier molecular flexibility index (Phi) is 5.69. The third kappa shape index (κ3) is 4.40. The summed E-state index contributed by atoms with van der Waals surface area (Å²) in [6, 6.07) is 8.60. The molecular weight excluding hydrogens is 357 g/mol. The van der Waals surface area contributed by atoms with Crippen LogP contribution in [0, 0.1) is 11.7 Å². The van der Waals surface area contributed by atoms with E-state index in [-0.39, 0.29) is 17.6 Å². The number of para-hydroxylation sites is 1. The van der Waals surface area contributed by atoms with Gasteiger partial charge in [-0.25, -0.2) is 9.37 Å². The number of carbonyl (C=O) groups is 1. The van der Waals surface area contributed by atoms with Crippen molar-refractivity contribution in [3.63, 3.8) is 0 Å². The van der Waals surface area contributed by atoms with Crippen molar-refractivity contribution in [2.75, 3.05) is 23.3 Å². The number of hydrogen-bond acceptors (Lipinski definition) is 5. The largest absolute Gasteiger partial charge is 0.353 e. The monoisotopic (exact) mass is 383 g/mol. The number of benzene rings is 1. The fourth-order valence-electron chi connectivity index (χ4n) is 4.00. The minimum Gasteiger partial charge on any atom is -0.353 e. The Morgan fingerprint density at radius 1 is 1.07 bits per heavy atom. The molecule has 1 amide bonds. The molecule has 4 rings (SSSR count). The van der Waals surface area contributed by atoms with E-state index in [1.165, 1.54) is 18.9 Å². The third-order valence-electron chi connectivity index (χ3n) is 5.63. The Balaban J connectivity index is 1.34. The van der Waals surface area contributed by atoms with Crippen molar-refractivity contribution in [1.82, 2.24) is 15.3 Å². The van der Waals surface area contributed by atoms with E-state index in [0.29, 0.717) is 23.5 Å². The van der Waals surface area contributed by atoms with E-state index in [9.17, 15) is 9.18 Å². The molecule has 2 heterocycles. The molecule has 0 atom stereocenters. The smallest absolute Gasteiger partial charge is 0.227 e. The van der Waals surface area contributed by atoms with Crippen LogP contribution >= 0.6 is 0 Å². The lowest BCUT2D eigenvalue weighted by molar-refractivity contribution is -0.126. The summed E-state index contributed by atoms with van der Waals surface area (Å²) < 4.78 is 13.8. The maximum atomic E-state index is 13.8. The van der Waals surface area contributed by atoms with Crippen LogP contribution in [0.1, 0.15) is 38.5 Å². The van der Waals surface area contributed by atoms with E-state index in [4.69, 9.17) is 0 Å². The SMILES string of the molecule is O=C(NC1CCCC1)C1CCN(c2nccc(Nc3ccccc3F)n2)CC1. The van der Waals surface area contributed by atoms with Gasteiger partial charge in [0.2, 0.25) is 11.9 Å². The first kappa shape index (κ1) is 18.7. The fraction of sp³-hybridized carbons (Fsp3) is 0.476. The van der Waals surface area contributed by atoms with Gasteiger partial charge in [0.05, 0.1) is 5.69 Å². The Labute approximate surface area is 164 Å². The van der Waals surface area contributed by atoms with Gasteiger partial charge in [-0.1, -0.05) is 25.0 Å². The molecule has 0 radical (unpaired) electrons. The molecule has 2 aliphatic rings. The Morgan fingerprint density at radius 3 is 2.57 bits per heavy atom. The zero-order valence-corrected chi connectivity index (χ0v) is 15.9. The minimum atomic E-state index is -0.322. The lowest BCUT2D eigenvalue weighted by atomic mass is 9.95. The summed E-state index contributed by atoms with van der Waals surface area (Å²) in [5.41, 5.74) is 0.384. The maximum absolute atomic E-state index is 13.8. The summed E-state index contributed by atoms with van der Waals surface area (Å²) in [5, 5.41) is 6.21. The van der Waals surface area contributed by atoms with Gasteiger partial charge in [0.1, 0.15) is 11.6 Å². The average Bonchev–Trinajstić information content (AvgIpc) is 3.23. The van der Waals surface area contributed by atoms with Crippen molar-refractivity contribution in [2.24, 2.45) is 5.92 Å². The van der Waals surface area contributed by atoms with Crippen LogP contribution in [0.3, 0.4) is 0 Å². The first-order chi connectivity index (χ1) is 13.7. The van der Waals surface area contributed by atoms with E-state index in [0.717, 1.165) is 38.8 Å². The van der Waals surface area contributed by atoms with E-state index >= 15 is 0 Å². The second-order valence-corrected chi connectivity index (χ2v) is 7.60. The van der Waals surface area contributed by atoms with Crippen LogP contribution in [0.15, 0.2) is 36.5 Å². The molecule has 0 unspecified atom stereocenters. The van der Waals surface area contributed by atoms with Crippen LogP contribution in [0.25, 0.3) is 0 Å². The van der Waals surface area contributed by atoms with Crippen LogP contribution in [0.4, 0.5) is 21.8 Å². The minimum absolute atomic E-state index is 0.0663. The molecule has 2 aromatic rings. The highest BCUT2D eigenvalue weighted by molar-refractivity contribution is 5.79. The van der Waals surface area contributed by atoms with Crippen LogP contribution < -0.4 is 15.5 Å². The number of amides is 1. The Morgan fingerprint density at radius 2 is 1.82 bits per heavy atom. The summed E-state index contributed by atoms with van der Waals surface area (Å²) in [6.07, 6.45) is 7.93. The zero-order valence-electron chi connectivity index (χ0n) is 15.9. The van der Waals surface area contributed by atoms with E-state index in [1.54, 1.807) is 30.5 Å². The molecule has 148 valence electrons. The molecule has 0 spiro atoms. The predicted octanol–water partition coefficient (Wildman–Crippen LogP) is 3.63. The lowest BCUT2D eigenvalue weighted by Crippen LogP contribution is -2.43. The van der Waals surface area contributed by atoms with Crippen LogP contribution in [-0.4, -0.2) is 35.0 Å². The third-order valence-corrected chi connectivity index (χ3v) is 5.63. The summed E-state index contributed by atoms with van der Waals surface area (Å²) in [4.78, 5) is 23.5. The second kappa shape index (κ2) is 8.54. The van der Waals surface area contributed by atoms with Gasteiger partial charge in [-0.3, -0.25) is 4.79 Å². The first-order valence-electron chi connectivity index (χ1n) is 10.1. The van der Waals surface area contributed by atoms with Gasteiger partial charge in [-0.15, -0.1) is 0 Å². The zero-order chi connectivity index (χ0) is 19.3. The Hall–Kier alpha value is -2.70. The van der Waals surface area contributed by atoms with Crippen molar-refractivity contribution in [3.8, 4) is 0 Å². The van der Waals surface area contributed by atoms with Crippen molar-refractivity contribution in [2.45, 2.75) is 44.6 Å². The van der Waals surface area contributed by atoms with Crippen molar-refractivity contribution in [3.05, 3.63) is 42.3 Å². The molecule has 2 N–H and O–H groups in total. The second-order valence-electron chi connectivity index (χ2n) is 7.60. The number of hydrogen-bond donors (Lipinski definition) is 2. The predicted molar refractivity (Wildman–Crippen MR) is 107 cm³/mol. The highest BCUT2D eigenvalue weighted by Crippen LogP contribution is 2.24. The number of aromatic nitrogens is 2. The van der Waals surface area contributed by atoms with Gasteiger partial charge in [-0.05, 0) is 43.9 Å². The number of rotatable bonds is 5. The molecule has 1 saturated carbocycles. The fourth-order valence-corrected chi connectivity index (χ4v) is 4.00. The molecule has 2 fully saturated rings. The van der Waals surface area contributed by atoms with Gasteiger partial charge in [0.25, 0.3) is 0 Å². The molecule has 1 saturated heterocycles. The topological polar surface area (TPSA) is 70.2 Å². The molecule has 0 bridgehead atoms.